The molecule has 2 heterocycles. The second kappa shape index (κ2) is 10.8. The topological polar surface area (TPSA) is 84.0 Å². The highest BCUT2D eigenvalue weighted by molar-refractivity contribution is 5.78. The van der Waals surface area contributed by atoms with Gasteiger partial charge in [0.2, 0.25) is 5.91 Å². The Hall–Kier alpha value is -2.03. The first kappa shape index (κ1) is 20.3. The lowest BCUT2D eigenvalue weighted by molar-refractivity contribution is -0.148. The molecule has 0 bridgehead atoms. The minimum atomic E-state index is -0.460. The Bertz CT molecular complexity index is 562. The molecule has 1 aromatic heterocycles. The first-order valence-corrected chi connectivity index (χ1v) is 8.85. The number of nitrogens with zero attached hydrogens (tertiary/aromatic N) is 3. The van der Waals surface area contributed by atoms with Crippen molar-refractivity contribution in [1.29, 1.82) is 0 Å². The number of carbonyl (C=O) groups excluding carboxylic acids is 2. The fourth-order valence-corrected chi connectivity index (χ4v) is 3.03. The van der Waals surface area contributed by atoms with Gasteiger partial charge in [-0.05, 0) is 18.1 Å². The fourth-order valence-electron chi connectivity index (χ4n) is 3.03. The molecule has 1 saturated heterocycles. The average molecular weight is 364 g/mol. The molecule has 1 atom stereocenters. The van der Waals surface area contributed by atoms with E-state index in [0.29, 0.717) is 32.8 Å². The lowest BCUT2D eigenvalue weighted by atomic mass is 10.1. The van der Waals surface area contributed by atoms with Gasteiger partial charge in [0.15, 0.2) is 0 Å². The Morgan fingerprint density at radius 2 is 2.04 bits per heavy atom. The monoisotopic (exact) mass is 364 g/mol. The Balaban J connectivity index is 1.84. The van der Waals surface area contributed by atoms with Crippen LogP contribution in [0, 0.1) is 0 Å². The molecule has 1 fully saturated rings. The molecule has 1 amide bonds. The van der Waals surface area contributed by atoms with E-state index in [1.165, 1.54) is 7.11 Å². The van der Waals surface area contributed by atoms with Crippen molar-refractivity contribution in [2.75, 3.05) is 60.1 Å². The van der Waals surface area contributed by atoms with Crippen LogP contribution >= 0.6 is 0 Å². The molecule has 0 aliphatic carbocycles. The number of esters is 1. The lowest BCUT2D eigenvalue weighted by Gasteiger charge is -2.37. The van der Waals surface area contributed by atoms with Gasteiger partial charge in [-0.25, -0.2) is 4.79 Å². The van der Waals surface area contributed by atoms with Crippen molar-refractivity contribution in [3.63, 3.8) is 0 Å². The highest BCUT2D eigenvalue weighted by Gasteiger charge is 2.31. The smallest absolute Gasteiger partial charge is 0.327 e. The summed E-state index contributed by atoms with van der Waals surface area (Å²) in [5.41, 5.74) is 0.823. The third-order valence-electron chi connectivity index (χ3n) is 4.41. The molecule has 1 aliphatic heterocycles. The van der Waals surface area contributed by atoms with E-state index in [-0.39, 0.29) is 11.9 Å². The molecule has 144 valence electrons. The standard InChI is InChI=1S/C18H28N4O4/c1-25-12-4-7-20-16(23)14-21-8-10-22(11-9-21)17(18(24)26-2)15-5-3-6-19-13-15/h3,5-6,13,17H,4,7-12,14H2,1-2H3,(H,20,23)/t17-/m1/s1. The number of methoxy groups -OCH3 is 2. The number of pyridine rings is 1. The molecule has 2 rings (SSSR count). The maximum absolute atomic E-state index is 12.3. The van der Waals surface area contributed by atoms with Crippen LogP contribution < -0.4 is 5.32 Å². The molecular weight excluding hydrogens is 336 g/mol. The minimum Gasteiger partial charge on any atom is -0.468 e. The molecule has 0 radical (unpaired) electrons. The normalized spacial score (nSPS) is 16.8. The summed E-state index contributed by atoms with van der Waals surface area (Å²) in [6.07, 6.45) is 4.18. The number of hydrogen-bond acceptors (Lipinski definition) is 7. The van der Waals surface area contributed by atoms with Crippen LogP contribution in [0.15, 0.2) is 24.5 Å². The number of rotatable bonds is 9. The average Bonchev–Trinajstić information content (AvgIpc) is 2.67. The number of hydrogen-bond donors (Lipinski definition) is 1. The molecule has 0 aromatic carbocycles. The van der Waals surface area contributed by atoms with Crippen molar-refractivity contribution in [2.45, 2.75) is 12.5 Å². The summed E-state index contributed by atoms with van der Waals surface area (Å²) in [7, 11) is 3.05. The van der Waals surface area contributed by atoms with Crippen molar-refractivity contribution < 1.29 is 19.1 Å². The molecule has 0 spiro atoms. The number of aromatic nitrogens is 1. The largest absolute Gasteiger partial charge is 0.468 e. The summed E-state index contributed by atoms with van der Waals surface area (Å²) in [5, 5.41) is 2.90. The van der Waals surface area contributed by atoms with Crippen molar-refractivity contribution in [3.8, 4) is 0 Å². The summed E-state index contributed by atoms with van der Waals surface area (Å²) < 4.78 is 9.94. The summed E-state index contributed by atoms with van der Waals surface area (Å²) in [6.45, 7) is 4.45. The van der Waals surface area contributed by atoms with Crippen molar-refractivity contribution in [3.05, 3.63) is 30.1 Å². The third kappa shape index (κ3) is 6.05. The van der Waals surface area contributed by atoms with E-state index < -0.39 is 6.04 Å². The molecular formula is C18H28N4O4. The molecule has 8 nitrogen and oxygen atoms in total. The molecule has 8 heteroatoms. The second-order valence-electron chi connectivity index (χ2n) is 6.22. The van der Waals surface area contributed by atoms with Gasteiger partial charge in [0.05, 0.1) is 13.7 Å². The second-order valence-corrected chi connectivity index (χ2v) is 6.22. The molecule has 1 aliphatic rings. The van der Waals surface area contributed by atoms with E-state index in [4.69, 9.17) is 9.47 Å². The van der Waals surface area contributed by atoms with E-state index >= 15 is 0 Å². The Labute approximate surface area is 154 Å². The maximum atomic E-state index is 12.3. The molecule has 1 N–H and O–H groups in total. The van der Waals surface area contributed by atoms with E-state index in [0.717, 1.165) is 25.1 Å². The predicted octanol–water partition coefficient (Wildman–Crippen LogP) is 0.0660. The minimum absolute atomic E-state index is 0.0198. The summed E-state index contributed by atoms with van der Waals surface area (Å²) in [6, 6.07) is 3.24. The zero-order valence-electron chi connectivity index (χ0n) is 15.5. The summed E-state index contributed by atoms with van der Waals surface area (Å²) in [4.78, 5) is 32.5. The van der Waals surface area contributed by atoms with Crippen LogP contribution in [0.5, 0.6) is 0 Å². The Morgan fingerprint density at radius 3 is 2.65 bits per heavy atom. The van der Waals surface area contributed by atoms with E-state index in [1.54, 1.807) is 19.5 Å². The highest BCUT2D eigenvalue weighted by atomic mass is 16.5. The van der Waals surface area contributed by atoms with Crippen molar-refractivity contribution in [2.24, 2.45) is 0 Å². The van der Waals surface area contributed by atoms with Crippen LogP contribution in [0.3, 0.4) is 0 Å². The quantitative estimate of drug-likeness (QED) is 0.490. The third-order valence-corrected chi connectivity index (χ3v) is 4.41. The van der Waals surface area contributed by atoms with Gasteiger partial charge in [-0.3, -0.25) is 19.6 Å². The van der Waals surface area contributed by atoms with Gasteiger partial charge in [0.1, 0.15) is 6.04 Å². The number of nitrogens with one attached hydrogen (secondary N) is 1. The molecule has 1 aromatic rings. The van der Waals surface area contributed by atoms with Crippen LogP contribution in [0.4, 0.5) is 0 Å². The van der Waals surface area contributed by atoms with Gasteiger partial charge in [-0.1, -0.05) is 6.07 Å². The fraction of sp³-hybridized carbons (Fsp3) is 0.611. The Kier molecular flexibility index (Phi) is 8.46. The van der Waals surface area contributed by atoms with Crippen LogP contribution in [0.25, 0.3) is 0 Å². The summed E-state index contributed by atoms with van der Waals surface area (Å²) in [5.74, 6) is -0.270. The highest BCUT2D eigenvalue weighted by Crippen LogP contribution is 2.22. The number of carbonyl (C=O) groups is 2. The first-order chi connectivity index (χ1) is 12.7. The lowest BCUT2D eigenvalue weighted by Crippen LogP contribution is -2.51. The van der Waals surface area contributed by atoms with Crippen LogP contribution in [-0.2, 0) is 19.1 Å². The van der Waals surface area contributed by atoms with Crippen molar-refractivity contribution >= 4 is 11.9 Å². The van der Waals surface area contributed by atoms with E-state index in [9.17, 15) is 9.59 Å². The van der Waals surface area contributed by atoms with Crippen LogP contribution in [0.2, 0.25) is 0 Å². The van der Waals surface area contributed by atoms with Gasteiger partial charge in [0, 0.05) is 58.8 Å². The molecule has 0 saturated carbocycles. The van der Waals surface area contributed by atoms with Gasteiger partial charge in [0.25, 0.3) is 0 Å². The molecule has 26 heavy (non-hydrogen) atoms. The predicted molar refractivity (Wildman–Crippen MR) is 96.5 cm³/mol. The maximum Gasteiger partial charge on any atom is 0.327 e. The number of ether oxygens (including phenoxy) is 2. The SMILES string of the molecule is COCCCNC(=O)CN1CCN([C@@H](C(=O)OC)c2cccnc2)CC1. The molecule has 0 unspecified atom stereocenters. The van der Waals surface area contributed by atoms with Crippen LogP contribution in [0.1, 0.15) is 18.0 Å². The zero-order valence-corrected chi connectivity index (χ0v) is 15.5. The Morgan fingerprint density at radius 1 is 1.27 bits per heavy atom. The zero-order chi connectivity index (χ0) is 18.8. The van der Waals surface area contributed by atoms with E-state index in [1.807, 2.05) is 12.1 Å². The van der Waals surface area contributed by atoms with Gasteiger partial charge in [-0.15, -0.1) is 0 Å². The van der Waals surface area contributed by atoms with Crippen LogP contribution in [-0.4, -0.2) is 86.8 Å². The first-order valence-electron chi connectivity index (χ1n) is 8.85. The van der Waals surface area contributed by atoms with Gasteiger partial charge >= 0.3 is 5.97 Å². The number of piperazine rings is 1. The van der Waals surface area contributed by atoms with E-state index in [2.05, 4.69) is 20.1 Å². The summed E-state index contributed by atoms with van der Waals surface area (Å²) >= 11 is 0. The van der Waals surface area contributed by atoms with Crippen molar-refractivity contribution in [1.82, 2.24) is 20.1 Å². The van der Waals surface area contributed by atoms with Gasteiger partial charge < -0.3 is 14.8 Å². The van der Waals surface area contributed by atoms with Gasteiger partial charge in [-0.2, -0.15) is 0 Å². The number of amides is 1.